The first kappa shape index (κ1) is 18.1. The van der Waals surface area contributed by atoms with Gasteiger partial charge >= 0.3 is 0 Å². The SMILES string of the molecule is CC(C)(C)O[C@H]1CC[C@H](Nc2ncc3c(Cl)ncc(I)c3n2)CC1. The quantitative estimate of drug-likeness (QED) is 0.525. The predicted octanol–water partition coefficient (Wildman–Crippen LogP) is 4.82. The Balaban J connectivity index is 1.65. The van der Waals surface area contributed by atoms with E-state index in [1.54, 1.807) is 12.4 Å². The summed E-state index contributed by atoms with van der Waals surface area (Å²) in [6, 6.07) is 0.386. The maximum absolute atomic E-state index is 6.11. The molecule has 0 unspecified atom stereocenters. The Bertz CT molecular complexity index is 726. The number of rotatable bonds is 3. The summed E-state index contributed by atoms with van der Waals surface area (Å²) in [6.07, 6.45) is 8.10. The number of nitrogens with zero attached hydrogens (tertiary/aromatic N) is 3. The Kier molecular flexibility index (Phi) is 5.46. The van der Waals surface area contributed by atoms with Gasteiger partial charge in [-0.3, -0.25) is 0 Å². The fourth-order valence-electron chi connectivity index (χ4n) is 3.04. The minimum atomic E-state index is -0.0730. The van der Waals surface area contributed by atoms with E-state index < -0.39 is 0 Å². The normalized spacial score (nSPS) is 21.9. The maximum atomic E-state index is 6.11. The zero-order valence-corrected chi connectivity index (χ0v) is 17.1. The monoisotopic (exact) mass is 460 g/mol. The molecule has 1 aliphatic rings. The number of anilines is 1. The number of halogens is 2. The van der Waals surface area contributed by atoms with Crippen LogP contribution >= 0.6 is 34.2 Å². The van der Waals surface area contributed by atoms with E-state index >= 15 is 0 Å². The smallest absolute Gasteiger partial charge is 0.223 e. The molecule has 0 aliphatic heterocycles. The van der Waals surface area contributed by atoms with Crippen LogP contribution in [0, 0.1) is 3.57 Å². The van der Waals surface area contributed by atoms with Crippen molar-refractivity contribution in [2.75, 3.05) is 5.32 Å². The van der Waals surface area contributed by atoms with Crippen molar-refractivity contribution in [3.05, 3.63) is 21.1 Å². The number of ether oxygens (including phenoxy) is 1. The fourth-order valence-corrected chi connectivity index (χ4v) is 3.77. The number of nitrogens with one attached hydrogen (secondary N) is 1. The van der Waals surface area contributed by atoms with Crippen molar-refractivity contribution in [1.29, 1.82) is 0 Å². The van der Waals surface area contributed by atoms with Gasteiger partial charge in [-0.2, -0.15) is 0 Å². The van der Waals surface area contributed by atoms with Crippen molar-refractivity contribution in [2.45, 2.75) is 64.2 Å². The van der Waals surface area contributed by atoms with Crippen LogP contribution in [0.1, 0.15) is 46.5 Å². The van der Waals surface area contributed by atoms with Gasteiger partial charge < -0.3 is 10.1 Å². The molecule has 0 atom stereocenters. The Labute approximate surface area is 161 Å². The molecule has 2 aromatic heterocycles. The summed E-state index contributed by atoms with van der Waals surface area (Å²) in [5, 5.41) is 4.69. The Hall–Kier alpha value is -0.730. The summed E-state index contributed by atoms with van der Waals surface area (Å²) in [5.41, 5.74) is 0.772. The van der Waals surface area contributed by atoms with Gasteiger partial charge in [0, 0.05) is 18.4 Å². The van der Waals surface area contributed by atoms with Crippen molar-refractivity contribution >= 4 is 51.0 Å². The van der Waals surface area contributed by atoms with Gasteiger partial charge in [0.05, 0.1) is 26.2 Å². The van der Waals surface area contributed by atoms with E-state index in [-0.39, 0.29) is 5.60 Å². The largest absolute Gasteiger partial charge is 0.373 e. The molecule has 0 aromatic carbocycles. The third-order valence-electron chi connectivity index (χ3n) is 4.06. The van der Waals surface area contributed by atoms with E-state index in [1.807, 2.05) is 0 Å². The van der Waals surface area contributed by atoms with E-state index in [1.165, 1.54) is 0 Å². The van der Waals surface area contributed by atoms with Gasteiger partial charge in [0.15, 0.2) is 0 Å². The van der Waals surface area contributed by atoms with Crippen molar-refractivity contribution in [2.24, 2.45) is 0 Å². The number of pyridine rings is 1. The van der Waals surface area contributed by atoms with Crippen LogP contribution in [0.25, 0.3) is 10.9 Å². The molecule has 0 saturated heterocycles. The van der Waals surface area contributed by atoms with Crippen LogP contribution in [0.15, 0.2) is 12.4 Å². The van der Waals surface area contributed by atoms with Gasteiger partial charge in [-0.05, 0) is 69.0 Å². The lowest BCUT2D eigenvalue weighted by Crippen LogP contribution is -2.34. The Morgan fingerprint density at radius 1 is 1.17 bits per heavy atom. The summed E-state index contributed by atoms with van der Waals surface area (Å²) in [7, 11) is 0. The second kappa shape index (κ2) is 7.25. The second-order valence-electron chi connectivity index (χ2n) is 7.20. The van der Waals surface area contributed by atoms with Gasteiger partial charge in [-0.15, -0.1) is 0 Å². The van der Waals surface area contributed by atoms with E-state index in [0.717, 1.165) is 40.2 Å². The van der Waals surface area contributed by atoms with Crippen molar-refractivity contribution in [3.63, 3.8) is 0 Å². The second-order valence-corrected chi connectivity index (χ2v) is 8.72. The number of fused-ring (bicyclic) bond motifs is 1. The van der Waals surface area contributed by atoms with Gasteiger partial charge in [-0.25, -0.2) is 15.0 Å². The van der Waals surface area contributed by atoms with E-state index in [9.17, 15) is 0 Å². The molecule has 0 bridgehead atoms. The zero-order valence-electron chi connectivity index (χ0n) is 14.1. The molecular weight excluding hydrogens is 439 g/mol. The molecule has 130 valence electrons. The van der Waals surface area contributed by atoms with Crippen LogP contribution in [-0.4, -0.2) is 32.7 Å². The van der Waals surface area contributed by atoms with Crippen LogP contribution in [0.2, 0.25) is 5.15 Å². The third kappa shape index (κ3) is 4.46. The first-order chi connectivity index (χ1) is 11.3. The number of aromatic nitrogens is 3. The molecule has 7 heteroatoms. The van der Waals surface area contributed by atoms with E-state index in [2.05, 4.69) is 63.6 Å². The average Bonchev–Trinajstić information content (AvgIpc) is 2.52. The standard InChI is InChI=1S/C17H22ClIN4O/c1-17(2,3)24-11-6-4-10(5-7-11)22-16-21-8-12-14(23-16)13(19)9-20-15(12)18/h8-11H,4-7H2,1-3H3,(H,21,22,23)/t10-,11-. The molecule has 1 fully saturated rings. The lowest BCUT2D eigenvalue weighted by atomic mass is 9.92. The van der Waals surface area contributed by atoms with Gasteiger partial charge in [0.1, 0.15) is 5.15 Å². The fraction of sp³-hybridized carbons (Fsp3) is 0.588. The summed E-state index contributed by atoms with van der Waals surface area (Å²) in [5.74, 6) is 0.655. The zero-order chi connectivity index (χ0) is 17.3. The first-order valence-electron chi connectivity index (χ1n) is 8.23. The Morgan fingerprint density at radius 2 is 1.88 bits per heavy atom. The van der Waals surface area contributed by atoms with Crippen molar-refractivity contribution in [3.8, 4) is 0 Å². The minimum absolute atomic E-state index is 0.0730. The molecule has 2 heterocycles. The molecule has 0 amide bonds. The molecule has 24 heavy (non-hydrogen) atoms. The number of hydrogen-bond donors (Lipinski definition) is 1. The Morgan fingerprint density at radius 3 is 2.54 bits per heavy atom. The first-order valence-corrected chi connectivity index (χ1v) is 9.68. The highest BCUT2D eigenvalue weighted by Gasteiger charge is 2.25. The number of hydrogen-bond acceptors (Lipinski definition) is 5. The molecule has 1 N–H and O–H groups in total. The highest BCUT2D eigenvalue weighted by Crippen LogP contribution is 2.28. The van der Waals surface area contributed by atoms with Crippen LogP contribution < -0.4 is 5.32 Å². The minimum Gasteiger partial charge on any atom is -0.373 e. The van der Waals surface area contributed by atoms with Crippen LogP contribution in [-0.2, 0) is 4.74 Å². The summed E-state index contributed by atoms with van der Waals surface area (Å²) in [6.45, 7) is 6.34. The lowest BCUT2D eigenvalue weighted by Gasteiger charge is -2.33. The molecule has 1 saturated carbocycles. The van der Waals surface area contributed by atoms with E-state index in [4.69, 9.17) is 16.3 Å². The van der Waals surface area contributed by atoms with Crippen LogP contribution in [0.3, 0.4) is 0 Å². The highest BCUT2D eigenvalue weighted by molar-refractivity contribution is 14.1. The molecule has 1 aliphatic carbocycles. The van der Waals surface area contributed by atoms with Crippen LogP contribution in [0.5, 0.6) is 0 Å². The molecule has 3 rings (SSSR count). The molecule has 5 nitrogen and oxygen atoms in total. The third-order valence-corrected chi connectivity index (χ3v) is 5.15. The van der Waals surface area contributed by atoms with Gasteiger partial charge in [-0.1, -0.05) is 11.6 Å². The summed E-state index contributed by atoms with van der Waals surface area (Å²) in [4.78, 5) is 13.2. The van der Waals surface area contributed by atoms with Gasteiger partial charge in [0.2, 0.25) is 5.95 Å². The molecule has 0 spiro atoms. The van der Waals surface area contributed by atoms with E-state index in [0.29, 0.717) is 23.2 Å². The predicted molar refractivity (Wildman–Crippen MR) is 106 cm³/mol. The molecule has 0 radical (unpaired) electrons. The topological polar surface area (TPSA) is 59.9 Å². The summed E-state index contributed by atoms with van der Waals surface area (Å²) >= 11 is 8.33. The van der Waals surface area contributed by atoms with Crippen molar-refractivity contribution < 1.29 is 4.74 Å². The maximum Gasteiger partial charge on any atom is 0.223 e. The average molecular weight is 461 g/mol. The molecular formula is C17H22ClIN4O. The summed E-state index contributed by atoms with van der Waals surface area (Å²) < 4.78 is 7.05. The van der Waals surface area contributed by atoms with Crippen LogP contribution in [0.4, 0.5) is 5.95 Å². The molecule has 2 aromatic rings. The van der Waals surface area contributed by atoms with Crippen molar-refractivity contribution in [1.82, 2.24) is 15.0 Å². The van der Waals surface area contributed by atoms with Gasteiger partial charge in [0.25, 0.3) is 0 Å². The lowest BCUT2D eigenvalue weighted by molar-refractivity contribution is -0.0742. The highest BCUT2D eigenvalue weighted by atomic mass is 127.